The molecule has 0 aromatic carbocycles. The Morgan fingerprint density at radius 3 is 2.87 bits per heavy atom. The van der Waals surface area contributed by atoms with Gasteiger partial charge in [0, 0.05) is 36.9 Å². The Morgan fingerprint density at radius 1 is 1.20 bits per heavy atom. The molecule has 30 heavy (non-hydrogen) atoms. The number of likely N-dealkylation sites (tertiary alicyclic amines) is 1. The number of hydrogen-bond donors (Lipinski definition) is 1. The molecule has 1 amide bonds. The molecule has 0 bridgehead atoms. The van der Waals surface area contributed by atoms with Crippen molar-refractivity contribution in [2.45, 2.75) is 38.3 Å². The van der Waals surface area contributed by atoms with Crippen LogP contribution in [0.5, 0.6) is 0 Å². The normalized spacial score (nSPS) is 19.6. The van der Waals surface area contributed by atoms with Gasteiger partial charge < -0.3 is 9.88 Å². The molecule has 1 atom stereocenters. The maximum absolute atomic E-state index is 12.9. The molecule has 1 N–H and O–H groups in total. The van der Waals surface area contributed by atoms with Crippen molar-refractivity contribution in [3.8, 4) is 0 Å². The second-order valence-electron chi connectivity index (χ2n) is 7.98. The minimum Gasteiger partial charge on any atom is -0.333 e. The molecule has 5 rings (SSSR count). The molecule has 0 unspecified atom stereocenters. The van der Waals surface area contributed by atoms with Crippen molar-refractivity contribution >= 4 is 28.6 Å². The second kappa shape index (κ2) is 8.45. The summed E-state index contributed by atoms with van der Waals surface area (Å²) in [6.07, 6.45) is 2.79. The van der Waals surface area contributed by atoms with Crippen LogP contribution in [-0.4, -0.2) is 45.3 Å². The van der Waals surface area contributed by atoms with Crippen LogP contribution in [0.3, 0.4) is 0 Å². The van der Waals surface area contributed by atoms with Gasteiger partial charge in [0.2, 0.25) is 0 Å². The van der Waals surface area contributed by atoms with Crippen LogP contribution >= 0.6 is 22.7 Å². The van der Waals surface area contributed by atoms with Crippen molar-refractivity contribution in [3.63, 3.8) is 0 Å². The molecular weight excluding hydrogens is 416 g/mol. The lowest BCUT2D eigenvalue weighted by atomic mass is 9.96. The topological polar surface area (TPSA) is 69.3 Å². The largest absolute Gasteiger partial charge is 0.333 e. The third kappa shape index (κ3) is 3.99. The number of piperidine rings is 1. The Balaban J connectivity index is 1.32. The number of carbonyl (C=O) groups is 1. The van der Waals surface area contributed by atoms with Gasteiger partial charge in [0.15, 0.2) is 0 Å². The first kappa shape index (κ1) is 19.7. The number of carbonyl (C=O) groups excluding carboxylic acids is 1. The van der Waals surface area contributed by atoms with E-state index in [2.05, 4.69) is 27.4 Å². The van der Waals surface area contributed by atoms with Crippen LogP contribution in [0.15, 0.2) is 39.8 Å². The first-order valence-electron chi connectivity index (χ1n) is 10.4. The lowest BCUT2D eigenvalue weighted by molar-refractivity contribution is 0.0737. The summed E-state index contributed by atoms with van der Waals surface area (Å²) in [6, 6.07) is 7.98. The monoisotopic (exact) mass is 440 g/mol. The van der Waals surface area contributed by atoms with E-state index in [1.165, 1.54) is 16.2 Å². The highest BCUT2D eigenvalue weighted by Gasteiger charge is 2.28. The zero-order valence-electron chi connectivity index (χ0n) is 16.7. The number of nitrogens with zero attached hydrogens (tertiary/aromatic N) is 3. The van der Waals surface area contributed by atoms with Crippen LogP contribution in [0.25, 0.3) is 0 Å². The van der Waals surface area contributed by atoms with E-state index in [-0.39, 0.29) is 17.4 Å². The van der Waals surface area contributed by atoms with Gasteiger partial charge in [-0.25, -0.2) is 4.98 Å². The summed E-state index contributed by atoms with van der Waals surface area (Å²) >= 11 is 3.23. The van der Waals surface area contributed by atoms with E-state index in [9.17, 15) is 9.59 Å². The maximum Gasteiger partial charge on any atom is 0.264 e. The van der Waals surface area contributed by atoms with Gasteiger partial charge in [0.05, 0.1) is 22.7 Å². The van der Waals surface area contributed by atoms with Crippen molar-refractivity contribution in [1.29, 1.82) is 0 Å². The number of thiophene rings is 2. The zero-order valence-corrected chi connectivity index (χ0v) is 18.3. The molecule has 3 aromatic heterocycles. The van der Waals surface area contributed by atoms with Gasteiger partial charge in [0.25, 0.3) is 11.5 Å². The number of nitrogens with one attached hydrogen (secondary N) is 1. The molecule has 0 aliphatic carbocycles. The third-order valence-electron chi connectivity index (χ3n) is 5.96. The molecular formula is C22H24N4O2S2. The Morgan fingerprint density at radius 2 is 2.07 bits per heavy atom. The lowest BCUT2D eigenvalue weighted by Gasteiger charge is -2.33. The maximum atomic E-state index is 12.9. The van der Waals surface area contributed by atoms with Gasteiger partial charge >= 0.3 is 0 Å². The molecule has 8 heteroatoms. The number of H-pyrrole nitrogens is 1. The molecule has 6 nitrogen and oxygen atoms in total. The Hall–Kier alpha value is -2.29. The van der Waals surface area contributed by atoms with Crippen LogP contribution in [0, 0.1) is 0 Å². The number of hydrogen-bond acceptors (Lipinski definition) is 6. The van der Waals surface area contributed by atoms with Crippen molar-refractivity contribution in [3.05, 3.63) is 72.2 Å². The van der Waals surface area contributed by atoms with E-state index >= 15 is 0 Å². The molecule has 3 aromatic rings. The molecule has 0 saturated carbocycles. The predicted octanol–water partition coefficient (Wildman–Crippen LogP) is 3.47. The molecule has 2 aliphatic rings. The average Bonchev–Trinajstić information content (AvgIpc) is 3.48. The Kier molecular flexibility index (Phi) is 5.54. The van der Waals surface area contributed by atoms with Gasteiger partial charge in [-0.1, -0.05) is 12.1 Å². The summed E-state index contributed by atoms with van der Waals surface area (Å²) in [6.45, 7) is 3.91. The number of amides is 1. The SMILES string of the molecule is O=C(c1cccs1)N1CCc2nc([C@H]3CCCN(Cc4cccs4)C3)[nH]c(=O)c2C1. The summed E-state index contributed by atoms with van der Waals surface area (Å²) in [5.41, 5.74) is 1.41. The van der Waals surface area contributed by atoms with E-state index in [1.54, 1.807) is 16.2 Å². The molecule has 1 saturated heterocycles. The van der Waals surface area contributed by atoms with Crippen LogP contribution < -0.4 is 5.56 Å². The predicted molar refractivity (Wildman–Crippen MR) is 119 cm³/mol. The molecule has 5 heterocycles. The van der Waals surface area contributed by atoms with Gasteiger partial charge in [0.1, 0.15) is 5.82 Å². The second-order valence-corrected chi connectivity index (χ2v) is 9.96. The van der Waals surface area contributed by atoms with E-state index in [0.29, 0.717) is 30.0 Å². The van der Waals surface area contributed by atoms with Gasteiger partial charge in [-0.2, -0.15) is 0 Å². The molecule has 1 fully saturated rings. The fraction of sp³-hybridized carbons (Fsp3) is 0.409. The minimum atomic E-state index is -0.0888. The summed E-state index contributed by atoms with van der Waals surface area (Å²) < 4.78 is 0. The Labute approximate surface area is 183 Å². The summed E-state index contributed by atoms with van der Waals surface area (Å²) in [4.78, 5) is 39.8. The zero-order chi connectivity index (χ0) is 20.5. The molecule has 0 radical (unpaired) electrons. The highest BCUT2D eigenvalue weighted by molar-refractivity contribution is 7.12. The van der Waals surface area contributed by atoms with E-state index < -0.39 is 0 Å². The van der Waals surface area contributed by atoms with E-state index in [0.717, 1.165) is 44.0 Å². The molecule has 0 spiro atoms. The fourth-order valence-corrected chi connectivity index (χ4v) is 5.85. The van der Waals surface area contributed by atoms with Gasteiger partial charge in [-0.3, -0.25) is 14.5 Å². The number of aromatic nitrogens is 2. The Bertz CT molecular complexity index is 1080. The quantitative estimate of drug-likeness (QED) is 0.675. The van der Waals surface area contributed by atoms with Gasteiger partial charge in [-0.05, 0) is 42.3 Å². The first-order chi connectivity index (χ1) is 14.7. The average molecular weight is 441 g/mol. The minimum absolute atomic E-state index is 0.00405. The summed E-state index contributed by atoms with van der Waals surface area (Å²) in [7, 11) is 0. The van der Waals surface area contributed by atoms with Crippen LogP contribution in [-0.2, 0) is 19.5 Å². The third-order valence-corrected chi connectivity index (χ3v) is 7.68. The van der Waals surface area contributed by atoms with Crippen molar-refractivity contribution < 1.29 is 4.79 Å². The smallest absolute Gasteiger partial charge is 0.264 e. The van der Waals surface area contributed by atoms with Crippen LogP contribution in [0.2, 0.25) is 0 Å². The van der Waals surface area contributed by atoms with Crippen molar-refractivity contribution in [2.75, 3.05) is 19.6 Å². The highest BCUT2D eigenvalue weighted by atomic mass is 32.1. The fourth-order valence-electron chi connectivity index (χ4n) is 4.41. The summed E-state index contributed by atoms with van der Waals surface area (Å²) in [5.74, 6) is 1.06. The molecule has 156 valence electrons. The number of fused-ring (bicyclic) bond motifs is 1. The first-order valence-corrected chi connectivity index (χ1v) is 12.1. The van der Waals surface area contributed by atoms with Gasteiger partial charge in [-0.15, -0.1) is 22.7 Å². The molecule has 2 aliphatic heterocycles. The van der Waals surface area contributed by atoms with E-state index in [1.807, 2.05) is 17.5 Å². The van der Waals surface area contributed by atoms with E-state index in [4.69, 9.17) is 4.98 Å². The number of aromatic amines is 1. The van der Waals surface area contributed by atoms with Crippen LogP contribution in [0.1, 0.15) is 50.4 Å². The standard InChI is InChI=1S/C22H24N4O2S2/c27-21-17-14-26(22(28)19-6-3-11-30-19)9-7-18(17)23-20(24-21)15-4-1-8-25(12-15)13-16-5-2-10-29-16/h2-3,5-6,10-11,15H,1,4,7-9,12-14H2,(H,23,24,27)/t15-/m0/s1. The lowest BCUT2D eigenvalue weighted by Crippen LogP contribution is -2.40. The van der Waals surface area contributed by atoms with Crippen molar-refractivity contribution in [2.24, 2.45) is 0 Å². The van der Waals surface area contributed by atoms with Crippen molar-refractivity contribution in [1.82, 2.24) is 19.8 Å². The summed E-state index contributed by atoms with van der Waals surface area (Å²) in [5, 5.41) is 4.02. The highest BCUT2D eigenvalue weighted by Crippen LogP contribution is 2.27. The van der Waals surface area contributed by atoms with Crippen LogP contribution in [0.4, 0.5) is 0 Å². The number of rotatable bonds is 4.